The molecule has 0 saturated carbocycles. The molecule has 0 saturated heterocycles. The zero-order valence-corrected chi connectivity index (χ0v) is 19.6. The summed E-state index contributed by atoms with van der Waals surface area (Å²) in [4.78, 5) is 12.7. The molecule has 8 heteroatoms. The van der Waals surface area contributed by atoms with Crippen LogP contribution in [0.5, 0.6) is 17.2 Å². The third-order valence-electron chi connectivity index (χ3n) is 4.74. The lowest BCUT2D eigenvalue weighted by Gasteiger charge is -2.13. The highest BCUT2D eigenvalue weighted by atomic mass is 35.5. The zero-order chi connectivity index (χ0) is 23.3. The third kappa shape index (κ3) is 5.73. The molecular weight excluding hydrogens is 432 g/mol. The third-order valence-corrected chi connectivity index (χ3v) is 5.04. The fourth-order valence-corrected chi connectivity index (χ4v) is 3.18. The Morgan fingerprint density at radius 1 is 1.09 bits per heavy atom. The highest BCUT2D eigenvalue weighted by Gasteiger charge is 2.15. The van der Waals surface area contributed by atoms with E-state index < -0.39 is 0 Å². The van der Waals surface area contributed by atoms with Crippen molar-refractivity contribution in [3.05, 3.63) is 64.0 Å². The van der Waals surface area contributed by atoms with Crippen molar-refractivity contribution in [2.45, 2.75) is 34.3 Å². The van der Waals surface area contributed by atoms with Crippen LogP contribution in [0.2, 0.25) is 5.02 Å². The van der Waals surface area contributed by atoms with Crippen LogP contribution in [0.15, 0.2) is 40.9 Å². The summed E-state index contributed by atoms with van der Waals surface area (Å²) in [7, 11) is 1.52. The molecule has 1 amide bonds. The number of nitrogens with zero attached hydrogens (tertiary/aromatic N) is 1. The molecule has 3 aromatic rings. The van der Waals surface area contributed by atoms with Crippen LogP contribution < -0.4 is 19.5 Å². The monoisotopic (exact) mass is 458 g/mol. The Balaban J connectivity index is 1.68. The maximum atomic E-state index is 12.7. The van der Waals surface area contributed by atoms with Gasteiger partial charge >= 0.3 is 0 Å². The first-order chi connectivity index (χ1) is 15.3. The fraction of sp³-hybridized carbons (Fsp3) is 0.333. The Morgan fingerprint density at radius 2 is 1.84 bits per heavy atom. The van der Waals surface area contributed by atoms with Gasteiger partial charge in [0.2, 0.25) is 0 Å². The molecule has 170 valence electrons. The van der Waals surface area contributed by atoms with Crippen molar-refractivity contribution >= 4 is 23.2 Å². The molecule has 1 N–H and O–H groups in total. The number of hydrogen-bond acceptors (Lipinski definition) is 6. The summed E-state index contributed by atoms with van der Waals surface area (Å²) in [6.07, 6.45) is 0. The Hall–Kier alpha value is -3.19. The summed E-state index contributed by atoms with van der Waals surface area (Å²) in [5, 5.41) is 7.19. The minimum absolute atomic E-state index is 0.285. The van der Waals surface area contributed by atoms with E-state index in [1.807, 2.05) is 13.8 Å². The predicted octanol–water partition coefficient (Wildman–Crippen LogP) is 5.82. The van der Waals surface area contributed by atoms with Gasteiger partial charge in [0.25, 0.3) is 5.91 Å². The highest BCUT2D eigenvalue weighted by Crippen LogP contribution is 2.31. The van der Waals surface area contributed by atoms with Crippen LogP contribution in [-0.4, -0.2) is 24.8 Å². The van der Waals surface area contributed by atoms with Crippen molar-refractivity contribution in [1.82, 2.24) is 5.16 Å². The number of aromatic nitrogens is 1. The number of carbonyl (C=O) groups excluding carboxylic acids is 1. The second-order valence-corrected chi connectivity index (χ2v) is 8.17. The minimum Gasteiger partial charge on any atom is -0.493 e. The normalized spacial score (nSPS) is 10.8. The number of rotatable bonds is 9. The van der Waals surface area contributed by atoms with E-state index in [9.17, 15) is 4.79 Å². The molecular formula is C24H27ClN2O5. The maximum Gasteiger partial charge on any atom is 0.255 e. The number of aryl methyl sites for hydroxylation is 2. The molecule has 0 unspecified atom stereocenters. The van der Waals surface area contributed by atoms with Crippen LogP contribution >= 0.6 is 11.6 Å². The van der Waals surface area contributed by atoms with E-state index in [0.717, 1.165) is 11.3 Å². The number of amides is 1. The molecule has 0 aliphatic heterocycles. The van der Waals surface area contributed by atoms with Crippen molar-refractivity contribution in [1.29, 1.82) is 0 Å². The van der Waals surface area contributed by atoms with Gasteiger partial charge in [-0.2, -0.15) is 0 Å². The van der Waals surface area contributed by atoms with Gasteiger partial charge in [0.15, 0.2) is 11.5 Å². The van der Waals surface area contributed by atoms with E-state index >= 15 is 0 Å². The summed E-state index contributed by atoms with van der Waals surface area (Å²) < 4.78 is 22.1. The van der Waals surface area contributed by atoms with Gasteiger partial charge < -0.3 is 24.1 Å². The number of carbonyl (C=O) groups is 1. The average Bonchev–Trinajstić information content (AvgIpc) is 3.08. The van der Waals surface area contributed by atoms with Gasteiger partial charge in [0, 0.05) is 11.3 Å². The number of halogens is 1. The average molecular weight is 459 g/mol. The first-order valence-corrected chi connectivity index (χ1v) is 10.6. The Labute approximate surface area is 192 Å². The number of benzene rings is 2. The summed E-state index contributed by atoms with van der Waals surface area (Å²) in [5.74, 6) is 2.33. The van der Waals surface area contributed by atoms with Gasteiger partial charge in [0.05, 0.1) is 30.0 Å². The summed E-state index contributed by atoms with van der Waals surface area (Å²) in [6.45, 7) is 8.66. The topological polar surface area (TPSA) is 82.8 Å². The van der Waals surface area contributed by atoms with Crippen molar-refractivity contribution < 1.29 is 23.5 Å². The van der Waals surface area contributed by atoms with Gasteiger partial charge in [-0.05, 0) is 56.2 Å². The smallest absolute Gasteiger partial charge is 0.255 e. The lowest BCUT2D eigenvalue weighted by Crippen LogP contribution is -2.12. The van der Waals surface area contributed by atoms with E-state index in [4.69, 9.17) is 30.3 Å². The molecule has 0 aliphatic carbocycles. The number of anilines is 1. The zero-order valence-electron chi connectivity index (χ0n) is 18.8. The van der Waals surface area contributed by atoms with E-state index in [2.05, 4.69) is 24.3 Å². The van der Waals surface area contributed by atoms with Gasteiger partial charge in [0.1, 0.15) is 18.1 Å². The number of nitrogens with one attached hydrogen (secondary N) is 1. The molecule has 7 nitrogen and oxygen atoms in total. The summed E-state index contributed by atoms with van der Waals surface area (Å²) >= 11 is 6.29. The Morgan fingerprint density at radius 3 is 2.47 bits per heavy atom. The number of methoxy groups -OCH3 is 1. The van der Waals surface area contributed by atoms with E-state index in [0.29, 0.717) is 51.8 Å². The van der Waals surface area contributed by atoms with Crippen LogP contribution in [-0.2, 0) is 6.61 Å². The Kier molecular flexibility index (Phi) is 7.64. The van der Waals surface area contributed by atoms with Crippen molar-refractivity contribution in [3.63, 3.8) is 0 Å². The number of hydrogen-bond donors (Lipinski definition) is 1. The molecule has 32 heavy (non-hydrogen) atoms. The molecule has 2 aromatic carbocycles. The van der Waals surface area contributed by atoms with E-state index in [1.165, 1.54) is 7.11 Å². The summed E-state index contributed by atoms with van der Waals surface area (Å²) in [6, 6.07) is 10.1. The van der Waals surface area contributed by atoms with Gasteiger partial charge in [-0.25, -0.2) is 0 Å². The molecule has 1 heterocycles. The first kappa shape index (κ1) is 23.5. The quantitative estimate of drug-likeness (QED) is 0.435. The van der Waals surface area contributed by atoms with Gasteiger partial charge in [-0.3, -0.25) is 4.79 Å². The molecule has 0 atom stereocenters. The lowest BCUT2D eigenvalue weighted by molar-refractivity contribution is 0.102. The molecule has 0 aliphatic rings. The van der Waals surface area contributed by atoms with Crippen LogP contribution in [0.1, 0.15) is 41.2 Å². The van der Waals surface area contributed by atoms with Crippen LogP contribution in [0.4, 0.5) is 5.69 Å². The standard InChI is InChI=1S/C24H27ClN2O5/c1-14(2)12-30-21-9-7-18(11-20(21)25)26-24(28)17-6-8-22(23(10-17)29-5)31-13-19-15(3)27-32-16(19)4/h6-11,14H,12-13H2,1-5H3,(H,26,28). The van der Waals surface area contributed by atoms with Crippen LogP contribution in [0.3, 0.4) is 0 Å². The second-order valence-electron chi connectivity index (χ2n) is 7.76. The molecule has 0 radical (unpaired) electrons. The number of ether oxygens (including phenoxy) is 3. The summed E-state index contributed by atoms with van der Waals surface area (Å²) in [5.41, 5.74) is 2.64. The lowest BCUT2D eigenvalue weighted by atomic mass is 10.1. The van der Waals surface area contributed by atoms with E-state index in [1.54, 1.807) is 36.4 Å². The minimum atomic E-state index is -0.299. The maximum absolute atomic E-state index is 12.7. The molecule has 3 rings (SSSR count). The van der Waals surface area contributed by atoms with E-state index in [-0.39, 0.29) is 12.5 Å². The predicted molar refractivity (Wildman–Crippen MR) is 123 cm³/mol. The highest BCUT2D eigenvalue weighted by molar-refractivity contribution is 6.32. The Bertz CT molecular complexity index is 1070. The molecule has 0 bridgehead atoms. The van der Waals surface area contributed by atoms with Crippen molar-refractivity contribution in [3.8, 4) is 17.2 Å². The fourth-order valence-electron chi connectivity index (χ4n) is 2.94. The van der Waals surface area contributed by atoms with Crippen molar-refractivity contribution in [2.75, 3.05) is 19.0 Å². The largest absolute Gasteiger partial charge is 0.493 e. The van der Waals surface area contributed by atoms with Crippen molar-refractivity contribution in [2.24, 2.45) is 5.92 Å². The molecule has 0 spiro atoms. The van der Waals surface area contributed by atoms with Gasteiger partial charge in [-0.15, -0.1) is 0 Å². The molecule has 1 aromatic heterocycles. The second kappa shape index (κ2) is 10.4. The molecule has 0 fully saturated rings. The van der Waals surface area contributed by atoms with Crippen LogP contribution in [0, 0.1) is 19.8 Å². The first-order valence-electron chi connectivity index (χ1n) is 10.2. The SMILES string of the molecule is COc1cc(C(=O)Nc2ccc(OCC(C)C)c(Cl)c2)ccc1OCc1c(C)noc1C. The van der Waals surface area contributed by atoms with Crippen LogP contribution in [0.25, 0.3) is 0 Å². The van der Waals surface area contributed by atoms with Gasteiger partial charge in [-0.1, -0.05) is 30.6 Å².